The van der Waals surface area contributed by atoms with Crippen LogP contribution in [0.2, 0.25) is 0 Å². The number of hydrogen-bond donors (Lipinski definition) is 0. The molecule has 0 saturated heterocycles. The zero-order valence-electron chi connectivity index (χ0n) is 9.26. The molecule has 0 atom stereocenters. The van der Waals surface area contributed by atoms with Crippen molar-refractivity contribution in [3.05, 3.63) is 37.1 Å². The highest BCUT2D eigenvalue weighted by atomic mass is 35.5. The molecule has 0 spiro atoms. The number of unbranched alkanes of at least 4 members (excludes halogenated alkanes) is 1. The molecule has 0 aromatic carbocycles. The van der Waals surface area contributed by atoms with Crippen LogP contribution in [0.25, 0.3) is 0 Å². The van der Waals surface area contributed by atoms with Crippen molar-refractivity contribution in [1.29, 1.82) is 0 Å². The summed E-state index contributed by atoms with van der Waals surface area (Å²) in [6.45, 7) is 0.139. The summed E-state index contributed by atoms with van der Waals surface area (Å²) in [6, 6.07) is 0. The van der Waals surface area contributed by atoms with Gasteiger partial charge in [-0.3, -0.25) is 24.0 Å². The number of halogens is 1. The third-order valence-electron chi connectivity index (χ3n) is 2.27. The first-order chi connectivity index (χ1) is 7.99. The summed E-state index contributed by atoms with van der Waals surface area (Å²) in [4.78, 5) is 33.1. The maximum absolute atomic E-state index is 11.7. The molecule has 0 unspecified atom stereocenters. The smallest absolute Gasteiger partial charge is 0.297 e. The Morgan fingerprint density at radius 3 is 2.59 bits per heavy atom. The summed E-state index contributed by atoms with van der Waals surface area (Å²) >= 11 is 5.48. The van der Waals surface area contributed by atoms with E-state index in [1.165, 1.54) is 7.05 Å². The molecule has 94 valence electrons. The van der Waals surface area contributed by atoms with Gasteiger partial charge in [-0.2, -0.15) is 0 Å². The summed E-state index contributed by atoms with van der Waals surface area (Å²) in [5, 5.41) is 10.6. The van der Waals surface area contributed by atoms with Gasteiger partial charge in [0.25, 0.3) is 0 Å². The molecule has 0 amide bonds. The molecule has 0 fully saturated rings. The molecule has 8 heteroatoms. The fourth-order valence-electron chi connectivity index (χ4n) is 1.40. The Morgan fingerprint density at radius 1 is 1.41 bits per heavy atom. The highest BCUT2D eigenvalue weighted by Crippen LogP contribution is 2.00. The second kappa shape index (κ2) is 5.62. The average molecular weight is 262 g/mol. The maximum Gasteiger partial charge on any atom is 0.350 e. The van der Waals surface area contributed by atoms with Gasteiger partial charge in [-0.25, -0.2) is 4.79 Å². The Hall–Kier alpha value is -1.63. The fourth-order valence-corrected chi connectivity index (χ4v) is 1.59. The minimum Gasteiger partial charge on any atom is -0.297 e. The molecule has 1 heterocycles. The first kappa shape index (κ1) is 13.4. The molecule has 1 aromatic heterocycles. The van der Waals surface area contributed by atoms with E-state index in [0.717, 1.165) is 15.3 Å². The molecular weight excluding hydrogens is 250 g/mol. The molecule has 0 aliphatic rings. The highest BCUT2D eigenvalue weighted by Gasteiger charge is 2.18. The van der Waals surface area contributed by atoms with E-state index in [1.807, 2.05) is 0 Å². The molecule has 0 N–H and O–H groups in total. The van der Waals surface area contributed by atoms with Crippen LogP contribution in [-0.4, -0.2) is 19.9 Å². The lowest BCUT2D eigenvalue weighted by atomic mass is 10.3. The number of hydrogen-bond acceptors (Lipinski definition) is 4. The maximum atomic E-state index is 11.7. The van der Waals surface area contributed by atoms with Crippen molar-refractivity contribution in [3.63, 3.8) is 0 Å². The number of nitrogens with zero attached hydrogens (tertiary/aromatic N) is 3. The molecule has 0 aliphatic heterocycles. The van der Waals surface area contributed by atoms with Gasteiger partial charge in [0.15, 0.2) is 0 Å². The van der Waals surface area contributed by atoms with Gasteiger partial charge < -0.3 is 0 Å². The van der Waals surface area contributed by atoms with E-state index < -0.39 is 21.9 Å². The SMILES string of the molecule is Cn1cc([N+](=O)[O-])c(=O)n(CCCCCl)c1=O. The molecular formula is C9H12ClN3O4. The van der Waals surface area contributed by atoms with Crippen LogP contribution in [0.5, 0.6) is 0 Å². The van der Waals surface area contributed by atoms with Gasteiger partial charge in [0.1, 0.15) is 0 Å². The molecule has 0 radical (unpaired) electrons. The van der Waals surface area contributed by atoms with Crippen LogP contribution in [0.4, 0.5) is 5.69 Å². The molecule has 0 saturated carbocycles. The Bertz CT molecular complexity index is 534. The average Bonchev–Trinajstić information content (AvgIpc) is 2.28. The van der Waals surface area contributed by atoms with Crippen LogP contribution >= 0.6 is 11.6 Å². The van der Waals surface area contributed by atoms with Gasteiger partial charge in [0.2, 0.25) is 0 Å². The third kappa shape index (κ3) is 2.94. The van der Waals surface area contributed by atoms with Crippen molar-refractivity contribution in [2.24, 2.45) is 7.05 Å². The van der Waals surface area contributed by atoms with E-state index in [4.69, 9.17) is 11.6 Å². The first-order valence-corrected chi connectivity index (χ1v) is 5.53. The van der Waals surface area contributed by atoms with E-state index in [-0.39, 0.29) is 6.54 Å². The van der Waals surface area contributed by atoms with Crippen LogP contribution < -0.4 is 11.2 Å². The van der Waals surface area contributed by atoms with Gasteiger partial charge in [0.05, 0.1) is 11.1 Å². The number of rotatable bonds is 5. The Kier molecular flexibility index (Phi) is 4.45. The van der Waals surface area contributed by atoms with E-state index >= 15 is 0 Å². The Balaban J connectivity index is 3.23. The van der Waals surface area contributed by atoms with Crippen LogP contribution in [-0.2, 0) is 13.6 Å². The second-order valence-electron chi connectivity index (χ2n) is 3.52. The first-order valence-electron chi connectivity index (χ1n) is 5.00. The quantitative estimate of drug-likeness (QED) is 0.334. The van der Waals surface area contributed by atoms with Crippen LogP contribution in [0, 0.1) is 10.1 Å². The summed E-state index contributed by atoms with van der Waals surface area (Å²) in [7, 11) is 1.37. The number of aromatic nitrogens is 2. The molecule has 0 aliphatic carbocycles. The second-order valence-corrected chi connectivity index (χ2v) is 3.90. The zero-order chi connectivity index (χ0) is 13.0. The van der Waals surface area contributed by atoms with Gasteiger partial charge >= 0.3 is 16.9 Å². The minimum atomic E-state index is -0.868. The predicted molar refractivity (Wildman–Crippen MR) is 62.6 cm³/mol. The minimum absolute atomic E-state index is 0.139. The largest absolute Gasteiger partial charge is 0.350 e. The topological polar surface area (TPSA) is 87.1 Å². The van der Waals surface area contributed by atoms with Gasteiger partial charge in [-0.05, 0) is 12.8 Å². The number of aryl methyl sites for hydroxylation is 1. The fraction of sp³-hybridized carbons (Fsp3) is 0.556. The summed E-state index contributed by atoms with van der Waals surface area (Å²) in [5.41, 5.74) is -2.03. The number of alkyl halides is 1. The van der Waals surface area contributed by atoms with E-state index in [0.29, 0.717) is 18.7 Å². The van der Waals surface area contributed by atoms with Crippen LogP contribution in [0.15, 0.2) is 15.8 Å². The molecule has 17 heavy (non-hydrogen) atoms. The van der Waals surface area contributed by atoms with Crippen molar-refractivity contribution in [2.75, 3.05) is 5.88 Å². The van der Waals surface area contributed by atoms with E-state index in [1.54, 1.807) is 0 Å². The highest BCUT2D eigenvalue weighted by molar-refractivity contribution is 6.17. The van der Waals surface area contributed by atoms with Gasteiger partial charge in [0, 0.05) is 19.5 Å². The van der Waals surface area contributed by atoms with Crippen molar-refractivity contribution >= 4 is 17.3 Å². The number of nitro groups is 1. The normalized spacial score (nSPS) is 10.5. The summed E-state index contributed by atoms with van der Waals surface area (Å²) in [5.74, 6) is 0.421. The molecule has 7 nitrogen and oxygen atoms in total. The standard InChI is InChI=1S/C9H12ClN3O4/c1-11-6-7(13(16)17)8(14)12(9(11)15)5-3-2-4-10/h6H,2-5H2,1H3. The molecule has 1 rings (SSSR count). The van der Waals surface area contributed by atoms with Gasteiger partial charge in [-0.15, -0.1) is 11.6 Å². The van der Waals surface area contributed by atoms with Crippen molar-refractivity contribution < 1.29 is 4.92 Å². The lowest BCUT2D eigenvalue weighted by Gasteiger charge is -2.05. The summed E-state index contributed by atoms with van der Waals surface area (Å²) in [6.07, 6.45) is 2.10. The lowest BCUT2D eigenvalue weighted by Crippen LogP contribution is -2.39. The summed E-state index contributed by atoms with van der Waals surface area (Å²) < 4.78 is 1.89. The zero-order valence-corrected chi connectivity index (χ0v) is 10.0. The molecule has 1 aromatic rings. The van der Waals surface area contributed by atoms with Crippen molar-refractivity contribution in [3.8, 4) is 0 Å². The Labute approximate surface area is 101 Å². The van der Waals surface area contributed by atoms with Crippen LogP contribution in [0.3, 0.4) is 0 Å². The predicted octanol–water partition coefficient (Wildman–Crippen LogP) is 0.474. The van der Waals surface area contributed by atoms with Crippen molar-refractivity contribution in [2.45, 2.75) is 19.4 Å². The van der Waals surface area contributed by atoms with E-state index in [9.17, 15) is 19.7 Å². The molecule has 0 bridgehead atoms. The lowest BCUT2D eigenvalue weighted by molar-refractivity contribution is -0.387. The van der Waals surface area contributed by atoms with Gasteiger partial charge in [-0.1, -0.05) is 0 Å². The van der Waals surface area contributed by atoms with Crippen LogP contribution in [0.1, 0.15) is 12.8 Å². The third-order valence-corrected chi connectivity index (χ3v) is 2.54. The monoisotopic (exact) mass is 261 g/mol. The Morgan fingerprint density at radius 2 is 2.06 bits per heavy atom. The van der Waals surface area contributed by atoms with E-state index in [2.05, 4.69) is 0 Å². The van der Waals surface area contributed by atoms with Crippen molar-refractivity contribution in [1.82, 2.24) is 9.13 Å².